The predicted molar refractivity (Wildman–Crippen MR) is 96.4 cm³/mol. The molecule has 0 fully saturated rings. The maximum atomic E-state index is 5.80. The molecule has 0 aliphatic rings. The first kappa shape index (κ1) is 15.9. The third-order valence-electron chi connectivity index (χ3n) is 3.88. The Morgan fingerprint density at radius 3 is 2.70 bits per heavy atom. The topological polar surface area (TPSA) is 57.9 Å². The SMILES string of the molecule is NCCN(CCc1ccccc1)Cc1cn[nH]c1-c1cccs1. The second-order valence-electron chi connectivity index (χ2n) is 5.55. The van der Waals surface area contributed by atoms with E-state index in [1.165, 1.54) is 16.0 Å². The molecule has 23 heavy (non-hydrogen) atoms. The molecule has 3 rings (SSSR count). The number of aromatic amines is 1. The van der Waals surface area contributed by atoms with Gasteiger partial charge in [0, 0.05) is 31.7 Å². The number of nitrogens with two attached hydrogens (primary N) is 1. The zero-order valence-corrected chi connectivity index (χ0v) is 13.9. The van der Waals surface area contributed by atoms with Crippen molar-refractivity contribution in [3.05, 3.63) is 65.2 Å². The van der Waals surface area contributed by atoms with Crippen molar-refractivity contribution < 1.29 is 0 Å². The molecule has 5 heteroatoms. The summed E-state index contributed by atoms with van der Waals surface area (Å²) in [6, 6.07) is 14.8. The minimum absolute atomic E-state index is 0.668. The van der Waals surface area contributed by atoms with E-state index < -0.39 is 0 Å². The van der Waals surface area contributed by atoms with E-state index in [4.69, 9.17) is 5.73 Å². The lowest BCUT2D eigenvalue weighted by molar-refractivity contribution is 0.277. The smallest absolute Gasteiger partial charge is 0.0794 e. The van der Waals surface area contributed by atoms with Crippen molar-refractivity contribution in [2.24, 2.45) is 5.73 Å². The molecule has 2 aromatic heterocycles. The van der Waals surface area contributed by atoms with Gasteiger partial charge in [0.15, 0.2) is 0 Å². The van der Waals surface area contributed by atoms with E-state index in [9.17, 15) is 0 Å². The molecule has 4 nitrogen and oxygen atoms in total. The molecule has 0 amide bonds. The summed E-state index contributed by atoms with van der Waals surface area (Å²) in [6.45, 7) is 3.42. The van der Waals surface area contributed by atoms with Crippen molar-refractivity contribution in [3.8, 4) is 10.6 Å². The number of nitrogens with one attached hydrogen (secondary N) is 1. The second-order valence-corrected chi connectivity index (χ2v) is 6.50. The Balaban J connectivity index is 1.67. The van der Waals surface area contributed by atoms with E-state index in [1.807, 2.05) is 6.20 Å². The minimum Gasteiger partial charge on any atom is -0.329 e. The number of hydrogen-bond acceptors (Lipinski definition) is 4. The number of hydrogen-bond donors (Lipinski definition) is 2. The summed E-state index contributed by atoms with van der Waals surface area (Å²) >= 11 is 1.73. The van der Waals surface area contributed by atoms with Gasteiger partial charge < -0.3 is 5.73 Å². The Kier molecular flexibility index (Phi) is 5.58. The lowest BCUT2D eigenvalue weighted by Crippen LogP contribution is -2.31. The first-order valence-corrected chi connectivity index (χ1v) is 8.77. The van der Waals surface area contributed by atoms with Crippen LogP contribution in [0.1, 0.15) is 11.1 Å². The van der Waals surface area contributed by atoms with Gasteiger partial charge in [-0.3, -0.25) is 10.00 Å². The number of H-pyrrole nitrogens is 1. The largest absolute Gasteiger partial charge is 0.329 e. The van der Waals surface area contributed by atoms with Crippen molar-refractivity contribution in [3.63, 3.8) is 0 Å². The highest BCUT2D eigenvalue weighted by atomic mass is 32.1. The van der Waals surface area contributed by atoms with Crippen molar-refractivity contribution in [1.29, 1.82) is 0 Å². The van der Waals surface area contributed by atoms with Crippen molar-refractivity contribution in [2.45, 2.75) is 13.0 Å². The van der Waals surface area contributed by atoms with Gasteiger partial charge in [-0.05, 0) is 23.4 Å². The molecular formula is C18H22N4S. The second kappa shape index (κ2) is 8.06. The van der Waals surface area contributed by atoms with E-state index in [-0.39, 0.29) is 0 Å². The zero-order valence-electron chi connectivity index (χ0n) is 13.1. The highest BCUT2D eigenvalue weighted by molar-refractivity contribution is 7.13. The van der Waals surface area contributed by atoms with Crippen LogP contribution in [0.4, 0.5) is 0 Å². The van der Waals surface area contributed by atoms with E-state index in [2.05, 4.69) is 62.9 Å². The number of rotatable bonds is 8. The van der Waals surface area contributed by atoms with Crippen LogP contribution in [0.2, 0.25) is 0 Å². The average Bonchev–Trinajstić information content (AvgIpc) is 3.25. The van der Waals surface area contributed by atoms with Gasteiger partial charge in [-0.2, -0.15) is 5.10 Å². The molecule has 0 unspecified atom stereocenters. The maximum Gasteiger partial charge on any atom is 0.0794 e. The lowest BCUT2D eigenvalue weighted by Gasteiger charge is -2.21. The van der Waals surface area contributed by atoms with Gasteiger partial charge in [-0.25, -0.2) is 0 Å². The van der Waals surface area contributed by atoms with Gasteiger partial charge in [-0.15, -0.1) is 11.3 Å². The number of thiophene rings is 1. The fourth-order valence-corrected chi connectivity index (χ4v) is 3.45. The summed E-state index contributed by atoms with van der Waals surface area (Å²) in [5.74, 6) is 0. The van der Waals surface area contributed by atoms with E-state index in [0.29, 0.717) is 6.54 Å². The van der Waals surface area contributed by atoms with Crippen molar-refractivity contribution in [2.75, 3.05) is 19.6 Å². The molecule has 3 aromatic rings. The van der Waals surface area contributed by atoms with Crippen LogP contribution < -0.4 is 5.73 Å². The highest BCUT2D eigenvalue weighted by Gasteiger charge is 2.12. The molecule has 0 radical (unpaired) electrons. The third kappa shape index (κ3) is 4.28. The van der Waals surface area contributed by atoms with Crippen molar-refractivity contribution in [1.82, 2.24) is 15.1 Å². The molecule has 0 aliphatic carbocycles. The van der Waals surface area contributed by atoms with Gasteiger partial charge in [0.25, 0.3) is 0 Å². The maximum absolute atomic E-state index is 5.80. The van der Waals surface area contributed by atoms with Gasteiger partial charge in [0.2, 0.25) is 0 Å². The highest BCUT2D eigenvalue weighted by Crippen LogP contribution is 2.26. The molecule has 2 heterocycles. The van der Waals surface area contributed by atoms with Crippen LogP contribution in [-0.4, -0.2) is 34.7 Å². The Bertz CT molecular complexity index is 691. The van der Waals surface area contributed by atoms with Crippen molar-refractivity contribution >= 4 is 11.3 Å². The molecule has 0 atom stereocenters. The summed E-state index contributed by atoms with van der Waals surface area (Å²) in [5, 5.41) is 9.46. The summed E-state index contributed by atoms with van der Waals surface area (Å²) < 4.78 is 0. The normalized spacial score (nSPS) is 11.2. The molecule has 0 saturated heterocycles. The molecule has 0 saturated carbocycles. The van der Waals surface area contributed by atoms with Gasteiger partial charge in [0.05, 0.1) is 16.8 Å². The summed E-state index contributed by atoms with van der Waals surface area (Å²) in [5.41, 5.74) is 9.52. The van der Waals surface area contributed by atoms with E-state index >= 15 is 0 Å². The Labute approximate surface area is 141 Å². The monoisotopic (exact) mass is 326 g/mol. The van der Waals surface area contributed by atoms with E-state index in [1.54, 1.807) is 11.3 Å². The van der Waals surface area contributed by atoms with Gasteiger partial charge in [-0.1, -0.05) is 36.4 Å². The van der Waals surface area contributed by atoms with Crippen LogP contribution in [0.15, 0.2) is 54.0 Å². The number of benzene rings is 1. The standard InChI is InChI=1S/C18H22N4S/c19-9-11-22(10-8-15-5-2-1-3-6-15)14-16-13-20-21-18(16)17-7-4-12-23-17/h1-7,12-13H,8-11,14,19H2,(H,20,21). The molecule has 0 aliphatic heterocycles. The summed E-state index contributed by atoms with van der Waals surface area (Å²) in [6.07, 6.45) is 2.97. The number of aromatic nitrogens is 2. The predicted octanol–water partition coefficient (Wildman–Crippen LogP) is 3.14. The molecule has 0 bridgehead atoms. The minimum atomic E-state index is 0.668. The Hall–Kier alpha value is -1.95. The molecule has 1 aromatic carbocycles. The van der Waals surface area contributed by atoms with Crippen LogP contribution in [-0.2, 0) is 13.0 Å². The molecule has 120 valence electrons. The first-order valence-electron chi connectivity index (χ1n) is 7.89. The summed E-state index contributed by atoms with van der Waals surface area (Å²) in [7, 11) is 0. The third-order valence-corrected chi connectivity index (χ3v) is 4.77. The van der Waals surface area contributed by atoms with Gasteiger partial charge >= 0.3 is 0 Å². The lowest BCUT2D eigenvalue weighted by atomic mass is 10.1. The zero-order chi connectivity index (χ0) is 15.9. The first-order chi connectivity index (χ1) is 11.4. The average molecular weight is 326 g/mol. The molecular weight excluding hydrogens is 304 g/mol. The van der Waals surface area contributed by atoms with Crippen LogP contribution in [0.25, 0.3) is 10.6 Å². The van der Waals surface area contributed by atoms with Crippen LogP contribution in [0.5, 0.6) is 0 Å². The fraction of sp³-hybridized carbons (Fsp3) is 0.278. The fourth-order valence-electron chi connectivity index (χ4n) is 2.69. The number of nitrogens with zero attached hydrogens (tertiary/aromatic N) is 2. The molecule has 0 spiro atoms. The van der Waals surface area contributed by atoms with Crippen LogP contribution in [0, 0.1) is 0 Å². The quantitative estimate of drug-likeness (QED) is 0.668. The Morgan fingerprint density at radius 1 is 1.09 bits per heavy atom. The molecule has 3 N–H and O–H groups in total. The van der Waals surface area contributed by atoms with Crippen LogP contribution in [0.3, 0.4) is 0 Å². The Morgan fingerprint density at radius 2 is 1.96 bits per heavy atom. The summed E-state index contributed by atoms with van der Waals surface area (Å²) in [4.78, 5) is 3.63. The van der Waals surface area contributed by atoms with E-state index in [0.717, 1.165) is 31.7 Å². The van der Waals surface area contributed by atoms with Crippen LogP contribution >= 0.6 is 11.3 Å². The van der Waals surface area contributed by atoms with Gasteiger partial charge in [0.1, 0.15) is 0 Å².